The number of piperidine rings is 1. The summed E-state index contributed by atoms with van der Waals surface area (Å²) in [5, 5.41) is 7.37. The standard InChI is InChI=1S/C14H19BrN2/c1-9-6-10(4-5-14(9)15)17-13-7-11-2-3-12(8-13)16-11/h4-6,11-13,16-17H,2-3,7-8H2,1H3. The summed E-state index contributed by atoms with van der Waals surface area (Å²) in [6, 6.07) is 8.68. The molecule has 17 heavy (non-hydrogen) atoms. The van der Waals surface area contributed by atoms with Crippen molar-refractivity contribution in [2.24, 2.45) is 0 Å². The molecule has 0 saturated carbocycles. The van der Waals surface area contributed by atoms with Crippen LogP contribution in [0.1, 0.15) is 31.2 Å². The zero-order chi connectivity index (χ0) is 11.8. The average Bonchev–Trinajstić information content (AvgIpc) is 2.64. The van der Waals surface area contributed by atoms with Crippen molar-refractivity contribution in [3.05, 3.63) is 28.2 Å². The van der Waals surface area contributed by atoms with E-state index in [0.717, 1.165) is 12.1 Å². The fourth-order valence-electron chi connectivity index (χ4n) is 3.15. The van der Waals surface area contributed by atoms with E-state index in [1.54, 1.807) is 0 Å². The molecule has 2 unspecified atom stereocenters. The maximum Gasteiger partial charge on any atom is 0.0345 e. The lowest BCUT2D eigenvalue weighted by atomic mass is 9.99. The fraction of sp³-hybridized carbons (Fsp3) is 0.571. The van der Waals surface area contributed by atoms with Gasteiger partial charge in [-0.3, -0.25) is 0 Å². The molecule has 2 nitrogen and oxygen atoms in total. The Bertz CT molecular complexity index is 407. The monoisotopic (exact) mass is 294 g/mol. The lowest BCUT2D eigenvalue weighted by Crippen LogP contribution is -2.43. The van der Waals surface area contributed by atoms with Crippen molar-refractivity contribution < 1.29 is 0 Å². The molecule has 92 valence electrons. The Kier molecular flexibility index (Phi) is 3.14. The first-order valence-electron chi connectivity index (χ1n) is 6.49. The molecule has 2 saturated heterocycles. The first kappa shape index (κ1) is 11.5. The molecule has 1 aromatic carbocycles. The number of nitrogens with one attached hydrogen (secondary N) is 2. The Balaban J connectivity index is 1.68. The van der Waals surface area contributed by atoms with Crippen LogP contribution in [0, 0.1) is 6.92 Å². The number of fused-ring (bicyclic) bond motifs is 2. The van der Waals surface area contributed by atoms with Crippen LogP contribution < -0.4 is 10.6 Å². The van der Waals surface area contributed by atoms with E-state index in [4.69, 9.17) is 0 Å². The van der Waals surface area contributed by atoms with Gasteiger partial charge in [-0.05, 0) is 56.4 Å². The summed E-state index contributed by atoms with van der Waals surface area (Å²) in [4.78, 5) is 0. The van der Waals surface area contributed by atoms with Crippen LogP contribution in [0.3, 0.4) is 0 Å². The highest BCUT2D eigenvalue weighted by molar-refractivity contribution is 9.10. The fourth-order valence-corrected chi connectivity index (χ4v) is 3.39. The second-order valence-corrected chi connectivity index (χ2v) is 6.27. The van der Waals surface area contributed by atoms with Gasteiger partial charge in [-0.15, -0.1) is 0 Å². The largest absolute Gasteiger partial charge is 0.382 e. The van der Waals surface area contributed by atoms with Gasteiger partial charge >= 0.3 is 0 Å². The van der Waals surface area contributed by atoms with Gasteiger partial charge in [0, 0.05) is 28.3 Å². The molecule has 2 aliphatic rings. The number of hydrogen-bond donors (Lipinski definition) is 2. The third kappa shape index (κ3) is 2.50. The van der Waals surface area contributed by atoms with E-state index in [1.165, 1.54) is 41.4 Å². The van der Waals surface area contributed by atoms with Crippen LogP contribution in [0.15, 0.2) is 22.7 Å². The summed E-state index contributed by atoms with van der Waals surface area (Å²) < 4.78 is 1.19. The molecule has 2 N–H and O–H groups in total. The Labute approximate surface area is 111 Å². The second-order valence-electron chi connectivity index (χ2n) is 5.41. The molecule has 3 heteroatoms. The number of anilines is 1. The zero-order valence-electron chi connectivity index (χ0n) is 10.2. The van der Waals surface area contributed by atoms with Crippen molar-refractivity contribution >= 4 is 21.6 Å². The molecule has 0 amide bonds. The third-order valence-corrected chi connectivity index (χ3v) is 4.89. The summed E-state index contributed by atoms with van der Waals surface area (Å²) in [5.74, 6) is 0. The van der Waals surface area contributed by atoms with Gasteiger partial charge in [0.2, 0.25) is 0 Å². The van der Waals surface area contributed by atoms with Crippen molar-refractivity contribution in [3.63, 3.8) is 0 Å². The molecule has 0 radical (unpaired) electrons. The molecular weight excluding hydrogens is 276 g/mol. The molecule has 3 rings (SSSR count). The van der Waals surface area contributed by atoms with Crippen LogP contribution in [0.4, 0.5) is 5.69 Å². The van der Waals surface area contributed by atoms with Gasteiger partial charge in [-0.1, -0.05) is 15.9 Å². The topological polar surface area (TPSA) is 24.1 Å². The quantitative estimate of drug-likeness (QED) is 0.873. The van der Waals surface area contributed by atoms with Gasteiger partial charge in [-0.2, -0.15) is 0 Å². The van der Waals surface area contributed by atoms with E-state index in [0.29, 0.717) is 6.04 Å². The van der Waals surface area contributed by atoms with E-state index in [9.17, 15) is 0 Å². The minimum atomic E-state index is 0.648. The van der Waals surface area contributed by atoms with E-state index < -0.39 is 0 Å². The van der Waals surface area contributed by atoms with Crippen molar-refractivity contribution in [1.29, 1.82) is 0 Å². The van der Waals surface area contributed by atoms with Crippen molar-refractivity contribution in [3.8, 4) is 0 Å². The van der Waals surface area contributed by atoms with Crippen LogP contribution in [0.25, 0.3) is 0 Å². The maximum atomic E-state index is 3.69. The van der Waals surface area contributed by atoms with Gasteiger partial charge in [0.25, 0.3) is 0 Å². The van der Waals surface area contributed by atoms with Gasteiger partial charge < -0.3 is 10.6 Å². The van der Waals surface area contributed by atoms with E-state index in [1.807, 2.05) is 0 Å². The van der Waals surface area contributed by atoms with Gasteiger partial charge in [0.1, 0.15) is 0 Å². The Morgan fingerprint density at radius 2 is 1.94 bits per heavy atom. The first-order valence-corrected chi connectivity index (χ1v) is 7.29. The maximum absolute atomic E-state index is 3.69. The smallest absolute Gasteiger partial charge is 0.0345 e. The van der Waals surface area contributed by atoms with Crippen molar-refractivity contribution in [2.75, 3.05) is 5.32 Å². The van der Waals surface area contributed by atoms with Crippen molar-refractivity contribution in [2.45, 2.75) is 50.7 Å². The van der Waals surface area contributed by atoms with E-state index >= 15 is 0 Å². The Morgan fingerprint density at radius 3 is 2.59 bits per heavy atom. The molecule has 2 fully saturated rings. The summed E-state index contributed by atoms with van der Waals surface area (Å²) >= 11 is 3.55. The Hall–Kier alpha value is -0.540. The SMILES string of the molecule is Cc1cc(NC2CC3CCC(C2)N3)ccc1Br. The molecule has 1 aromatic rings. The Morgan fingerprint density at radius 1 is 1.24 bits per heavy atom. The van der Waals surface area contributed by atoms with E-state index in [-0.39, 0.29) is 0 Å². The number of hydrogen-bond acceptors (Lipinski definition) is 2. The third-order valence-electron chi connectivity index (χ3n) is 4.00. The second kappa shape index (κ2) is 4.62. The summed E-state index contributed by atoms with van der Waals surface area (Å²) in [7, 11) is 0. The van der Waals surface area contributed by atoms with Crippen LogP contribution in [-0.4, -0.2) is 18.1 Å². The molecule has 2 aliphatic heterocycles. The van der Waals surface area contributed by atoms with Crippen molar-refractivity contribution in [1.82, 2.24) is 5.32 Å². The van der Waals surface area contributed by atoms with Gasteiger partial charge in [-0.25, -0.2) is 0 Å². The normalized spacial score (nSPS) is 31.5. The highest BCUT2D eigenvalue weighted by Gasteiger charge is 2.33. The summed E-state index contributed by atoms with van der Waals surface area (Å²) in [6.45, 7) is 2.14. The number of aryl methyl sites for hydroxylation is 1. The predicted octanol–water partition coefficient (Wildman–Crippen LogP) is 3.45. The number of halogens is 1. The molecule has 2 bridgehead atoms. The number of benzene rings is 1. The minimum Gasteiger partial charge on any atom is -0.382 e. The predicted molar refractivity (Wildman–Crippen MR) is 75.5 cm³/mol. The van der Waals surface area contributed by atoms with Gasteiger partial charge in [0.15, 0.2) is 0 Å². The molecule has 0 aromatic heterocycles. The van der Waals surface area contributed by atoms with Crippen LogP contribution in [0.5, 0.6) is 0 Å². The molecule has 2 heterocycles. The van der Waals surface area contributed by atoms with Gasteiger partial charge in [0.05, 0.1) is 0 Å². The highest BCUT2D eigenvalue weighted by Crippen LogP contribution is 2.29. The lowest BCUT2D eigenvalue weighted by molar-refractivity contribution is 0.378. The summed E-state index contributed by atoms with van der Waals surface area (Å²) in [6.07, 6.45) is 5.27. The molecule has 0 aliphatic carbocycles. The molecule has 0 spiro atoms. The zero-order valence-corrected chi connectivity index (χ0v) is 11.8. The lowest BCUT2D eigenvalue weighted by Gasteiger charge is -2.30. The number of rotatable bonds is 2. The van der Waals surface area contributed by atoms with Crippen LogP contribution in [-0.2, 0) is 0 Å². The highest BCUT2D eigenvalue weighted by atomic mass is 79.9. The minimum absolute atomic E-state index is 0.648. The molecule has 2 atom stereocenters. The van der Waals surface area contributed by atoms with Crippen LogP contribution >= 0.6 is 15.9 Å². The van der Waals surface area contributed by atoms with Crippen LogP contribution in [0.2, 0.25) is 0 Å². The average molecular weight is 295 g/mol. The first-order chi connectivity index (χ1) is 8.20. The molecular formula is C14H19BrN2. The van der Waals surface area contributed by atoms with E-state index in [2.05, 4.69) is 51.7 Å². The summed E-state index contributed by atoms with van der Waals surface area (Å²) in [5.41, 5.74) is 2.56.